The van der Waals surface area contributed by atoms with Crippen molar-refractivity contribution < 1.29 is 14.3 Å². The van der Waals surface area contributed by atoms with E-state index < -0.39 is 0 Å². The minimum atomic E-state index is -0.383. The quantitative estimate of drug-likeness (QED) is 0.365. The van der Waals surface area contributed by atoms with Crippen LogP contribution in [0.4, 0.5) is 0 Å². The molecule has 0 saturated carbocycles. The van der Waals surface area contributed by atoms with Gasteiger partial charge in [-0.05, 0) is 13.0 Å². The van der Waals surface area contributed by atoms with Crippen LogP contribution in [0, 0.1) is 6.92 Å². The van der Waals surface area contributed by atoms with Gasteiger partial charge in [-0.2, -0.15) is 0 Å². The van der Waals surface area contributed by atoms with Crippen LogP contribution in [0.25, 0.3) is 0 Å². The number of hydrogen-bond acceptors (Lipinski definition) is 3. The predicted molar refractivity (Wildman–Crippen MR) is 60.8 cm³/mol. The lowest BCUT2D eigenvalue weighted by Crippen LogP contribution is -2.04. The van der Waals surface area contributed by atoms with Crippen molar-refractivity contribution in [2.24, 2.45) is 0 Å². The third-order valence-electron chi connectivity index (χ3n) is 1.75. The molecule has 0 N–H and O–H groups in total. The number of esters is 1. The largest absolute Gasteiger partial charge is 0.426 e. The summed E-state index contributed by atoms with van der Waals surface area (Å²) in [6, 6.07) is 5.06. The number of hydrogen-bond donors (Lipinski definition) is 0. The highest BCUT2D eigenvalue weighted by atomic mass is 127. The van der Waals surface area contributed by atoms with Crippen LogP contribution in [0.5, 0.6) is 5.75 Å². The van der Waals surface area contributed by atoms with Crippen LogP contribution in [-0.4, -0.2) is 9.76 Å². The molecule has 0 saturated heterocycles. The van der Waals surface area contributed by atoms with Gasteiger partial charge in [0.15, 0.2) is 0 Å². The van der Waals surface area contributed by atoms with Gasteiger partial charge in [-0.1, -0.05) is 12.1 Å². The Kier molecular flexibility index (Phi) is 3.62. The number of halogens is 1. The fraction of sp³-hybridized carbons (Fsp3) is 0.200. The van der Waals surface area contributed by atoms with Gasteiger partial charge in [0, 0.05) is 40.6 Å². The Balaban J connectivity index is 3.13. The Bertz CT molecular complexity index is 385. The average molecular weight is 304 g/mol. The topological polar surface area (TPSA) is 43.4 Å². The first kappa shape index (κ1) is 11.2. The van der Waals surface area contributed by atoms with Crippen LogP contribution in [0.15, 0.2) is 18.2 Å². The number of ether oxygens (including phenoxy) is 1. The maximum atomic E-state index is 11.2. The van der Waals surface area contributed by atoms with E-state index >= 15 is 0 Å². The average Bonchev–Trinajstić information content (AvgIpc) is 2.07. The summed E-state index contributed by atoms with van der Waals surface area (Å²) < 4.78 is 4.88. The van der Waals surface area contributed by atoms with E-state index in [1.54, 1.807) is 47.7 Å². The van der Waals surface area contributed by atoms with E-state index in [0.29, 0.717) is 16.9 Å². The number of rotatable bonds is 2. The lowest BCUT2D eigenvalue weighted by atomic mass is 10.1. The Labute approximate surface area is 95.6 Å². The van der Waals surface area contributed by atoms with E-state index in [2.05, 4.69) is 0 Å². The van der Waals surface area contributed by atoms with Gasteiger partial charge >= 0.3 is 5.97 Å². The summed E-state index contributed by atoms with van der Waals surface area (Å²) in [5.74, 6) is 0.0613. The van der Waals surface area contributed by atoms with Gasteiger partial charge in [-0.15, -0.1) is 0 Å². The molecular formula is C10H9IO3. The first-order chi connectivity index (χ1) is 6.52. The zero-order valence-electron chi connectivity index (χ0n) is 7.83. The van der Waals surface area contributed by atoms with E-state index in [0.717, 1.165) is 0 Å². The first-order valence-corrected chi connectivity index (χ1v) is 5.08. The molecule has 3 nitrogen and oxygen atoms in total. The molecule has 74 valence electrons. The van der Waals surface area contributed by atoms with Gasteiger partial charge in [-0.3, -0.25) is 9.59 Å². The molecule has 0 aliphatic rings. The summed E-state index contributed by atoms with van der Waals surface area (Å²) in [7, 11) is 0. The molecule has 14 heavy (non-hydrogen) atoms. The zero-order chi connectivity index (χ0) is 10.7. The SMILES string of the molecule is CC(=O)Oc1cccc(C(=O)I)c1C. The van der Waals surface area contributed by atoms with Crippen molar-refractivity contribution in [2.45, 2.75) is 13.8 Å². The Morgan fingerprint density at radius 1 is 1.36 bits per heavy atom. The molecule has 0 spiro atoms. The van der Waals surface area contributed by atoms with Crippen LogP contribution in [0.1, 0.15) is 22.8 Å². The third-order valence-corrected chi connectivity index (χ3v) is 2.33. The highest BCUT2D eigenvalue weighted by molar-refractivity contribution is 14.1. The number of benzene rings is 1. The molecule has 1 aromatic carbocycles. The molecule has 1 aromatic rings. The molecule has 0 bridgehead atoms. The van der Waals surface area contributed by atoms with E-state index in [-0.39, 0.29) is 9.76 Å². The monoisotopic (exact) mass is 304 g/mol. The lowest BCUT2D eigenvalue weighted by Gasteiger charge is -2.07. The van der Waals surface area contributed by atoms with Crippen LogP contribution >= 0.6 is 22.6 Å². The Morgan fingerprint density at radius 3 is 2.50 bits per heavy atom. The molecule has 0 heterocycles. The van der Waals surface area contributed by atoms with Gasteiger partial charge < -0.3 is 4.74 Å². The van der Waals surface area contributed by atoms with E-state index in [4.69, 9.17) is 4.74 Å². The van der Waals surface area contributed by atoms with Gasteiger partial charge in [0.1, 0.15) is 5.75 Å². The van der Waals surface area contributed by atoms with Gasteiger partial charge in [0.25, 0.3) is 0 Å². The highest BCUT2D eigenvalue weighted by Crippen LogP contribution is 2.23. The van der Waals surface area contributed by atoms with Crippen molar-refractivity contribution in [3.05, 3.63) is 29.3 Å². The molecule has 0 unspecified atom stereocenters. The normalized spacial score (nSPS) is 9.64. The molecule has 0 radical (unpaired) electrons. The summed E-state index contributed by atoms with van der Waals surface area (Å²) in [5.41, 5.74) is 1.27. The number of carbonyl (C=O) groups is 2. The van der Waals surface area contributed by atoms with E-state index in [1.165, 1.54) is 6.92 Å². The fourth-order valence-electron chi connectivity index (χ4n) is 1.09. The second kappa shape index (κ2) is 4.54. The van der Waals surface area contributed by atoms with Crippen molar-refractivity contribution in [3.8, 4) is 5.75 Å². The molecule has 0 aliphatic heterocycles. The van der Waals surface area contributed by atoms with Crippen molar-refractivity contribution in [2.75, 3.05) is 0 Å². The summed E-state index contributed by atoms with van der Waals surface area (Å²) in [4.78, 5) is 21.9. The molecule has 1 rings (SSSR count). The van der Waals surface area contributed by atoms with Crippen molar-refractivity contribution in [1.29, 1.82) is 0 Å². The molecule has 0 amide bonds. The molecule has 0 fully saturated rings. The second-order valence-corrected chi connectivity index (χ2v) is 3.78. The summed E-state index contributed by atoms with van der Waals surface area (Å²) in [5, 5.41) is 0. The van der Waals surface area contributed by atoms with Crippen molar-refractivity contribution in [3.63, 3.8) is 0 Å². The summed E-state index contributed by atoms with van der Waals surface area (Å²) in [6.45, 7) is 3.09. The van der Waals surface area contributed by atoms with Gasteiger partial charge in [0.05, 0.1) is 0 Å². The maximum absolute atomic E-state index is 11.2. The minimum absolute atomic E-state index is 0.0610. The highest BCUT2D eigenvalue weighted by Gasteiger charge is 2.10. The molecule has 0 aliphatic carbocycles. The van der Waals surface area contributed by atoms with Crippen molar-refractivity contribution >= 4 is 32.4 Å². The second-order valence-electron chi connectivity index (χ2n) is 2.80. The van der Waals surface area contributed by atoms with E-state index in [1.807, 2.05) is 0 Å². The summed E-state index contributed by atoms with van der Waals surface area (Å²) >= 11 is 1.70. The lowest BCUT2D eigenvalue weighted by molar-refractivity contribution is -0.131. The van der Waals surface area contributed by atoms with Crippen LogP contribution < -0.4 is 4.74 Å². The third kappa shape index (κ3) is 2.54. The van der Waals surface area contributed by atoms with Gasteiger partial charge in [-0.25, -0.2) is 0 Å². The Morgan fingerprint density at radius 2 is 2.00 bits per heavy atom. The smallest absolute Gasteiger partial charge is 0.308 e. The van der Waals surface area contributed by atoms with Crippen LogP contribution in [0.3, 0.4) is 0 Å². The number of carbonyl (C=O) groups excluding carboxylic acids is 2. The maximum Gasteiger partial charge on any atom is 0.308 e. The first-order valence-electron chi connectivity index (χ1n) is 4.00. The van der Waals surface area contributed by atoms with E-state index in [9.17, 15) is 9.59 Å². The van der Waals surface area contributed by atoms with Crippen molar-refractivity contribution in [1.82, 2.24) is 0 Å². The summed E-state index contributed by atoms with van der Waals surface area (Å²) in [6.07, 6.45) is 0. The Hall–Kier alpha value is -0.910. The fourth-order valence-corrected chi connectivity index (χ4v) is 1.68. The molecular weight excluding hydrogens is 295 g/mol. The molecule has 0 atom stereocenters. The van der Waals surface area contributed by atoms with Crippen LogP contribution in [0.2, 0.25) is 0 Å². The standard InChI is InChI=1S/C10H9IO3/c1-6-8(10(11)13)4-3-5-9(6)14-7(2)12/h3-5H,1-2H3. The minimum Gasteiger partial charge on any atom is -0.426 e. The zero-order valence-corrected chi connectivity index (χ0v) is 9.99. The molecule has 4 heteroatoms. The predicted octanol–water partition coefficient (Wildman–Crippen LogP) is 2.50. The van der Waals surface area contributed by atoms with Crippen LogP contribution in [-0.2, 0) is 4.79 Å². The van der Waals surface area contributed by atoms with Gasteiger partial charge in [0.2, 0.25) is 3.79 Å². The molecule has 0 aromatic heterocycles.